The number of hydrogen-bond donors (Lipinski definition) is 3. The highest BCUT2D eigenvalue weighted by Gasteiger charge is 2.00. The number of pyridine rings is 1. The van der Waals surface area contributed by atoms with Crippen molar-refractivity contribution < 1.29 is 4.79 Å². The van der Waals surface area contributed by atoms with Crippen molar-refractivity contribution in [3.05, 3.63) is 29.5 Å². The van der Waals surface area contributed by atoms with Crippen LogP contribution in [0.25, 0.3) is 0 Å². The van der Waals surface area contributed by atoms with E-state index in [0.29, 0.717) is 24.6 Å². The maximum absolute atomic E-state index is 11.3. The van der Waals surface area contributed by atoms with Crippen LogP contribution in [0.3, 0.4) is 0 Å². The van der Waals surface area contributed by atoms with E-state index in [2.05, 4.69) is 15.6 Å². The van der Waals surface area contributed by atoms with E-state index >= 15 is 0 Å². The number of anilines is 2. The summed E-state index contributed by atoms with van der Waals surface area (Å²) >= 11 is 0. The first-order valence-electron chi connectivity index (χ1n) is 5.89. The van der Waals surface area contributed by atoms with Crippen LogP contribution in [0.15, 0.2) is 23.8 Å². The van der Waals surface area contributed by atoms with Gasteiger partial charge in [0, 0.05) is 24.9 Å². The van der Waals surface area contributed by atoms with E-state index in [-0.39, 0.29) is 5.91 Å². The number of nitrogen functional groups attached to an aromatic ring is 1. The first-order chi connectivity index (χ1) is 8.49. The van der Waals surface area contributed by atoms with Crippen LogP contribution in [0.1, 0.15) is 19.5 Å². The molecule has 5 nitrogen and oxygen atoms in total. The number of nitrogens with one attached hydrogen (secondary N) is 2. The maximum Gasteiger partial charge on any atom is 0.243 e. The van der Waals surface area contributed by atoms with E-state index in [0.717, 1.165) is 11.3 Å². The van der Waals surface area contributed by atoms with Gasteiger partial charge in [0.1, 0.15) is 5.82 Å². The molecule has 0 saturated carbocycles. The fourth-order valence-electron chi connectivity index (χ4n) is 1.39. The van der Waals surface area contributed by atoms with Crippen LogP contribution in [0.4, 0.5) is 11.5 Å². The molecule has 0 aliphatic heterocycles. The number of allylic oxidation sites excluding steroid dienone is 1. The molecule has 0 aromatic carbocycles. The van der Waals surface area contributed by atoms with Crippen molar-refractivity contribution in [3.8, 4) is 0 Å². The van der Waals surface area contributed by atoms with Crippen molar-refractivity contribution in [1.29, 1.82) is 0 Å². The van der Waals surface area contributed by atoms with Gasteiger partial charge in [-0.25, -0.2) is 4.98 Å². The Morgan fingerprint density at radius 1 is 1.39 bits per heavy atom. The Hall–Kier alpha value is -2.04. The first-order valence-corrected chi connectivity index (χ1v) is 5.89. The number of aromatic nitrogens is 1. The molecular formula is C13H20N4O. The third kappa shape index (κ3) is 4.86. The Kier molecular flexibility index (Phi) is 5.17. The molecule has 0 radical (unpaired) electrons. The molecule has 4 N–H and O–H groups in total. The summed E-state index contributed by atoms with van der Waals surface area (Å²) in [7, 11) is 0. The zero-order chi connectivity index (χ0) is 13.5. The molecule has 1 heterocycles. The molecule has 0 aliphatic carbocycles. The van der Waals surface area contributed by atoms with E-state index in [9.17, 15) is 4.79 Å². The minimum absolute atomic E-state index is 0.0815. The van der Waals surface area contributed by atoms with Crippen LogP contribution in [-0.4, -0.2) is 24.0 Å². The van der Waals surface area contributed by atoms with E-state index < -0.39 is 0 Å². The molecule has 1 rings (SSSR count). The van der Waals surface area contributed by atoms with Gasteiger partial charge in [-0.1, -0.05) is 5.57 Å². The van der Waals surface area contributed by atoms with Crippen molar-refractivity contribution in [2.75, 3.05) is 24.1 Å². The van der Waals surface area contributed by atoms with Gasteiger partial charge in [-0.3, -0.25) is 4.79 Å². The summed E-state index contributed by atoms with van der Waals surface area (Å²) in [6.45, 7) is 6.78. The van der Waals surface area contributed by atoms with E-state index in [1.54, 1.807) is 6.08 Å². The maximum atomic E-state index is 11.3. The smallest absolute Gasteiger partial charge is 0.243 e. The lowest BCUT2D eigenvalue weighted by atomic mass is 10.3. The topological polar surface area (TPSA) is 80.0 Å². The molecule has 0 fully saturated rings. The number of nitrogens with two attached hydrogens (primary N) is 1. The number of carbonyl (C=O) groups excluding carboxylic acids is 1. The van der Waals surface area contributed by atoms with Gasteiger partial charge in [-0.15, -0.1) is 0 Å². The van der Waals surface area contributed by atoms with Crippen LogP contribution < -0.4 is 16.4 Å². The molecule has 0 bridgehead atoms. The van der Waals surface area contributed by atoms with Gasteiger partial charge in [-0.05, 0) is 32.9 Å². The van der Waals surface area contributed by atoms with Crippen molar-refractivity contribution in [2.24, 2.45) is 0 Å². The molecule has 1 aromatic heterocycles. The van der Waals surface area contributed by atoms with Gasteiger partial charge >= 0.3 is 0 Å². The van der Waals surface area contributed by atoms with Crippen molar-refractivity contribution in [1.82, 2.24) is 10.3 Å². The average Bonchev–Trinajstić information content (AvgIpc) is 2.28. The Labute approximate surface area is 107 Å². The van der Waals surface area contributed by atoms with E-state index in [1.165, 1.54) is 0 Å². The molecule has 1 amide bonds. The van der Waals surface area contributed by atoms with Gasteiger partial charge in [0.2, 0.25) is 5.91 Å². The largest absolute Gasteiger partial charge is 0.396 e. The molecule has 5 heteroatoms. The van der Waals surface area contributed by atoms with Crippen LogP contribution >= 0.6 is 0 Å². The second-order valence-electron chi connectivity index (χ2n) is 4.33. The highest BCUT2D eigenvalue weighted by atomic mass is 16.1. The summed E-state index contributed by atoms with van der Waals surface area (Å²) in [5.74, 6) is 0.577. The normalized spacial score (nSPS) is 9.72. The summed E-state index contributed by atoms with van der Waals surface area (Å²) in [4.78, 5) is 15.6. The molecule has 0 atom stereocenters. The zero-order valence-electron chi connectivity index (χ0n) is 11.1. The molecule has 18 heavy (non-hydrogen) atoms. The molecule has 0 spiro atoms. The summed E-state index contributed by atoms with van der Waals surface area (Å²) < 4.78 is 0. The number of rotatable bonds is 5. The SMILES string of the molecule is CC(C)=CC(=O)NCCNc1nc(C)ccc1N. The summed E-state index contributed by atoms with van der Waals surface area (Å²) in [6.07, 6.45) is 1.57. The van der Waals surface area contributed by atoms with Crippen molar-refractivity contribution in [2.45, 2.75) is 20.8 Å². The number of aryl methyl sites for hydroxylation is 1. The predicted molar refractivity (Wildman–Crippen MR) is 74.3 cm³/mol. The fraction of sp³-hybridized carbons (Fsp3) is 0.385. The molecule has 0 aliphatic rings. The second-order valence-corrected chi connectivity index (χ2v) is 4.33. The van der Waals surface area contributed by atoms with Gasteiger partial charge in [0.25, 0.3) is 0 Å². The highest BCUT2D eigenvalue weighted by Crippen LogP contribution is 2.14. The summed E-state index contributed by atoms with van der Waals surface area (Å²) in [6, 6.07) is 3.67. The van der Waals surface area contributed by atoms with Crippen LogP contribution in [0.5, 0.6) is 0 Å². The number of carbonyl (C=O) groups is 1. The van der Waals surface area contributed by atoms with Gasteiger partial charge in [0.05, 0.1) is 5.69 Å². The van der Waals surface area contributed by atoms with Crippen molar-refractivity contribution >= 4 is 17.4 Å². The van der Waals surface area contributed by atoms with Crippen LogP contribution in [-0.2, 0) is 4.79 Å². The highest BCUT2D eigenvalue weighted by molar-refractivity contribution is 5.88. The number of nitrogens with zero attached hydrogens (tertiary/aromatic N) is 1. The quantitative estimate of drug-likeness (QED) is 0.544. The third-order valence-electron chi connectivity index (χ3n) is 2.20. The number of amides is 1. The zero-order valence-corrected chi connectivity index (χ0v) is 11.1. The number of hydrogen-bond acceptors (Lipinski definition) is 4. The Morgan fingerprint density at radius 3 is 2.78 bits per heavy atom. The third-order valence-corrected chi connectivity index (χ3v) is 2.20. The minimum atomic E-state index is -0.0815. The Balaban J connectivity index is 2.36. The molecule has 0 saturated heterocycles. The second kappa shape index (κ2) is 6.64. The standard InChI is InChI=1S/C13H20N4O/c1-9(2)8-12(18)15-6-7-16-13-11(14)5-4-10(3)17-13/h4-5,8H,6-7,14H2,1-3H3,(H,15,18)(H,16,17). The molecule has 0 unspecified atom stereocenters. The van der Waals surface area contributed by atoms with Crippen molar-refractivity contribution in [3.63, 3.8) is 0 Å². The van der Waals surface area contributed by atoms with E-state index in [1.807, 2.05) is 32.9 Å². The summed E-state index contributed by atoms with van der Waals surface area (Å²) in [5.41, 5.74) is 8.26. The first kappa shape index (κ1) is 14.0. The average molecular weight is 248 g/mol. The fourth-order valence-corrected chi connectivity index (χ4v) is 1.39. The van der Waals surface area contributed by atoms with E-state index in [4.69, 9.17) is 5.73 Å². The van der Waals surface area contributed by atoms with Crippen LogP contribution in [0.2, 0.25) is 0 Å². The predicted octanol–water partition coefficient (Wildman–Crippen LogP) is 1.47. The monoisotopic (exact) mass is 248 g/mol. The van der Waals surface area contributed by atoms with Gasteiger partial charge in [0.15, 0.2) is 0 Å². The lowest BCUT2D eigenvalue weighted by molar-refractivity contribution is -0.116. The Bertz CT molecular complexity index is 450. The van der Waals surface area contributed by atoms with Crippen LogP contribution in [0, 0.1) is 6.92 Å². The Morgan fingerprint density at radius 2 is 2.11 bits per heavy atom. The lowest BCUT2D eigenvalue weighted by Gasteiger charge is -2.09. The summed E-state index contributed by atoms with van der Waals surface area (Å²) in [5, 5.41) is 5.86. The molecular weight excluding hydrogens is 228 g/mol. The van der Waals surface area contributed by atoms with Gasteiger partial charge in [-0.2, -0.15) is 0 Å². The lowest BCUT2D eigenvalue weighted by Crippen LogP contribution is -2.27. The molecule has 98 valence electrons. The molecule has 1 aromatic rings. The minimum Gasteiger partial charge on any atom is -0.396 e. The van der Waals surface area contributed by atoms with Gasteiger partial charge < -0.3 is 16.4 Å².